The van der Waals surface area contributed by atoms with E-state index in [0.29, 0.717) is 30.1 Å². The van der Waals surface area contributed by atoms with Crippen molar-refractivity contribution < 1.29 is 17.9 Å². The minimum Gasteiger partial charge on any atom is -0.497 e. The van der Waals surface area contributed by atoms with Gasteiger partial charge in [0.2, 0.25) is 0 Å². The van der Waals surface area contributed by atoms with Gasteiger partial charge in [0.25, 0.3) is 15.9 Å². The molecule has 0 aromatic heterocycles. The zero-order valence-corrected chi connectivity index (χ0v) is 15.3. The topological polar surface area (TPSA) is 75.7 Å². The van der Waals surface area contributed by atoms with E-state index in [4.69, 9.17) is 4.74 Å². The van der Waals surface area contributed by atoms with Crippen molar-refractivity contribution in [1.29, 1.82) is 0 Å². The standard InChI is InChI=1S/C18H22N2O4S/c1-4-20(5-2)18(21)14-7-6-8-17(13-14)25(22,23)19-15-9-11-16(24-3)12-10-15/h6-13,19H,4-5H2,1-3H3. The quantitative estimate of drug-likeness (QED) is 0.822. The van der Waals surface area contributed by atoms with E-state index in [2.05, 4.69) is 4.72 Å². The Hall–Kier alpha value is -2.54. The molecule has 0 saturated heterocycles. The van der Waals surface area contributed by atoms with E-state index in [1.807, 2.05) is 13.8 Å². The van der Waals surface area contributed by atoms with Crippen molar-refractivity contribution in [1.82, 2.24) is 4.90 Å². The molecule has 25 heavy (non-hydrogen) atoms. The molecule has 0 radical (unpaired) electrons. The van der Waals surface area contributed by atoms with E-state index in [1.54, 1.807) is 41.3 Å². The van der Waals surface area contributed by atoms with Gasteiger partial charge in [0.1, 0.15) is 5.75 Å². The highest BCUT2D eigenvalue weighted by molar-refractivity contribution is 7.92. The lowest BCUT2D eigenvalue weighted by molar-refractivity contribution is 0.0772. The van der Waals surface area contributed by atoms with Crippen LogP contribution in [0.2, 0.25) is 0 Å². The third-order valence-electron chi connectivity index (χ3n) is 3.78. The van der Waals surface area contributed by atoms with Gasteiger partial charge in [-0.25, -0.2) is 8.42 Å². The second-order valence-electron chi connectivity index (χ2n) is 5.34. The molecular weight excluding hydrogens is 340 g/mol. The number of benzene rings is 2. The summed E-state index contributed by atoms with van der Waals surface area (Å²) in [6, 6.07) is 12.6. The lowest BCUT2D eigenvalue weighted by Gasteiger charge is -2.19. The second-order valence-corrected chi connectivity index (χ2v) is 7.02. The fourth-order valence-corrected chi connectivity index (χ4v) is 3.47. The van der Waals surface area contributed by atoms with Crippen molar-refractivity contribution >= 4 is 21.6 Å². The second kappa shape index (κ2) is 8.02. The third-order valence-corrected chi connectivity index (χ3v) is 5.16. The van der Waals surface area contributed by atoms with Crippen LogP contribution in [0.1, 0.15) is 24.2 Å². The van der Waals surface area contributed by atoms with Crippen molar-refractivity contribution in [3.05, 3.63) is 54.1 Å². The number of sulfonamides is 1. The van der Waals surface area contributed by atoms with E-state index in [9.17, 15) is 13.2 Å². The van der Waals surface area contributed by atoms with Crippen LogP contribution in [-0.2, 0) is 10.0 Å². The van der Waals surface area contributed by atoms with Crippen LogP contribution in [0.15, 0.2) is 53.4 Å². The molecule has 0 aliphatic heterocycles. The van der Waals surface area contributed by atoms with Gasteiger partial charge in [0.05, 0.1) is 12.0 Å². The van der Waals surface area contributed by atoms with Gasteiger partial charge in [-0.3, -0.25) is 9.52 Å². The number of amides is 1. The maximum Gasteiger partial charge on any atom is 0.261 e. The van der Waals surface area contributed by atoms with Gasteiger partial charge < -0.3 is 9.64 Å². The van der Waals surface area contributed by atoms with Crippen molar-refractivity contribution in [2.24, 2.45) is 0 Å². The summed E-state index contributed by atoms with van der Waals surface area (Å²) in [6.45, 7) is 4.90. The van der Waals surface area contributed by atoms with Crippen LogP contribution < -0.4 is 9.46 Å². The Morgan fingerprint density at radius 2 is 1.72 bits per heavy atom. The maximum atomic E-state index is 12.6. The maximum absolute atomic E-state index is 12.6. The molecule has 0 saturated carbocycles. The SMILES string of the molecule is CCN(CC)C(=O)c1cccc(S(=O)(=O)Nc2ccc(OC)cc2)c1. The number of methoxy groups -OCH3 is 1. The molecule has 0 unspecified atom stereocenters. The molecule has 2 aromatic carbocycles. The van der Waals surface area contributed by atoms with E-state index in [0.717, 1.165) is 0 Å². The average Bonchev–Trinajstić information content (AvgIpc) is 2.63. The number of hydrogen-bond donors (Lipinski definition) is 1. The van der Waals surface area contributed by atoms with Crippen LogP contribution in [0, 0.1) is 0 Å². The number of carbonyl (C=O) groups excluding carboxylic acids is 1. The van der Waals surface area contributed by atoms with Gasteiger partial charge in [0, 0.05) is 24.3 Å². The summed E-state index contributed by atoms with van der Waals surface area (Å²) in [5.41, 5.74) is 0.766. The first-order valence-electron chi connectivity index (χ1n) is 7.97. The Labute approximate surface area is 148 Å². The zero-order chi connectivity index (χ0) is 18.4. The first kappa shape index (κ1) is 18.8. The van der Waals surface area contributed by atoms with Crippen LogP contribution in [0.3, 0.4) is 0 Å². The summed E-state index contributed by atoms with van der Waals surface area (Å²) in [7, 11) is -2.25. The third kappa shape index (κ3) is 4.51. The highest BCUT2D eigenvalue weighted by Crippen LogP contribution is 2.20. The van der Waals surface area contributed by atoms with E-state index < -0.39 is 10.0 Å². The molecule has 0 aliphatic rings. The smallest absolute Gasteiger partial charge is 0.261 e. The number of rotatable bonds is 7. The minimum atomic E-state index is -3.79. The lowest BCUT2D eigenvalue weighted by atomic mass is 10.2. The molecule has 7 heteroatoms. The number of anilines is 1. The van der Waals surface area contributed by atoms with Gasteiger partial charge in [-0.1, -0.05) is 6.07 Å². The number of nitrogens with zero attached hydrogens (tertiary/aromatic N) is 1. The first-order chi connectivity index (χ1) is 11.9. The zero-order valence-electron chi connectivity index (χ0n) is 14.5. The molecule has 2 aromatic rings. The van der Waals surface area contributed by atoms with Crippen LogP contribution in [0.5, 0.6) is 5.75 Å². The largest absolute Gasteiger partial charge is 0.497 e. The normalized spacial score (nSPS) is 11.0. The van der Waals surface area contributed by atoms with Gasteiger partial charge in [-0.05, 0) is 56.3 Å². The number of hydrogen-bond acceptors (Lipinski definition) is 4. The van der Waals surface area contributed by atoms with Crippen molar-refractivity contribution in [2.45, 2.75) is 18.7 Å². The highest BCUT2D eigenvalue weighted by atomic mass is 32.2. The van der Waals surface area contributed by atoms with Crippen LogP contribution >= 0.6 is 0 Å². The molecule has 1 amide bonds. The Kier molecular flexibility index (Phi) is 6.03. The van der Waals surface area contributed by atoms with E-state index in [1.165, 1.54) is 19.2 Å². The van der Waals surface area contributed by atoms with Crippen molar-refractivity contribution in [3.8, 4) is 5.75 Å². The summed E-state index contributed by atoms with van der Waals surface area (Å²) < 4.78 is 32.7. The predicted octanol–water partition coefficient (Wildman–Crippen LogP) is 2.98. The Morgan fingerprint density at radius 3 is 2.28 bits per heavy atom. The molecule has 0 fully saturated rings. The molecule has 0 spiro atoms. The van der Waals surface area contributed by atoms with Gasteiger partial charge in [-0.2, -0.15) is 0 Å². The number of carbonyl (C=O) groups is 1. The molecule has 6 nitrogen and oxygen atoms in total. The molecule has 2 rings (SSSR count). The van der Waals surface area contributed by atoms with E-state index in [-0.39, 0.29) is 10.8 Å². The molecule has 0 heterocycles. The summed E-state index contributed by atoms with van der Waals surface area (Å²) in [5.74, 6) is 0.446. The highest BCUT2D eigenvalue weighted by Gasteiger charge is 2.18. The summed E-state index contributed by atoms with van der Waals surface area (Å²) >= 11 is 0. The molecule has 134 valence electrons. The fraction of sp³-hybridized carbons (Fsp3) is 0.278. The summed E-state index contributed by atoms with van der Waals surface area (Å²) in [5, 5.41) is 0. The van der Waals surface area contributed by atoms with Crippen LogP contribution in [0.25, 0.3) is 0 Å². The molecule has 0 atom stereocenters. The van der Waals surface area contributed by atoms with Crippen LogP contribution in [0.4, 0.5) is 5.69 Å². The number of ether oxygens (including phenoxy) is 1. The Bertz CT molecular complexity index is 828. The average molecular weight is 362 g/mol. The number of nitrogens with one attached hydrogen (secondary N) is 1. The predicted molar refractivity (Wildman–Crippen MR) is 97.5 cm³/mol. The monoisotopic (exact) mass is 362 g/mol. The fourth-order valence-electron chi connectivity index (χ4n) is 2.36. The summed E-state index contributed by atoms with van der Waals surface area (Å²) in [4.78, 5) is 14.1. The van der Waals surface area contributed by atoms with E-state index >= 15 is 0 Å². The summed E-state index contributed by atoms with van der Waals surface area (Å²) in [6.07, 6.45) is 0. The van der Waals surface area contributed by atoms with Gasteiger partial charge in [0.15, 0.2) is 0 Å². The van der Waals surface area contributed by atoms with Gasteiger partial charge in [-0.15, -0.1) is 0 Å². The van der Waals surface area contributed by atoms with Gasteiger partial charge >= 0.3 is 0 Å². The first-order valence-corrected chi connectivity index (χ1v) is 9.45. The molecule has 1 N–H and O–H groups in total. The lowest BCUT2D eigenvalue weighted by Crippen LogP contribution is -2.30. The Morgan fingerprint density at radius 1 is 1.08 bits per heavy atom. The van der Waals surface area contributed by atoms with Crippen LogP contribution in [-0.4, -0.2) is 39.4 Å². The Balaban J connectivity index is 2.27. The minimum absolute atomic E-state index is 0.0429. The van der Waals surface area contributed by atoms with Crippen molar-refractivity contribution in [2.75, 3.05) is 24.9 Å². The molecule has 0 bridgehead atoms. The molecule has 0 aliphatic carbocycles. The molecular formula is C18H22N2O4S. The van der Waals surface area contributed by atoms with Crippen molar-refractivity contribution in [3.63, 3.8) is 0 Å².